The number of para-hydroxylation sites is 1. The molecule has 2 aromatic carbocycles. The van der Waals surface area contributed by atoms with Crippen LogP contribution in [0.1, 0.15) is 11.1 Å². The molecule has 0 amide bonds. The first-order valence-electron chi connectivity index (χ1n) is 8.06. The van der Waals surface area contributed by atoms with Crippen LogP contribution in [0, 0.1) is 13.8 Å². The third-order valence-electron chi connectivity index (χ3n) is 4.70. The molecule has 0 saturated carbocycles. The molecule has 0 atom stereocenters. The van der Waals surface area contributed by atoms with Crippen LogP contribution in [-0.2, 0) is 7.05 Å². The van der Waals surface area contributed by atoms with Crippen LogP contribution in [0.4, 0.5) is 0 Å². The molecular weight excluding hydrogens is 314 g/mol. The van der Waals surface area contributed by atoms with Crippen molar-refractivity contribution in [2.75, 3.05) is 0 Å². The number of nitrogens with zero attached hydrogens (tertiary/aromatic N) is 3. The molecule has 2 heterocycles. The maximum absolute atomic E-state index is 12.6. The lowest BCUT2D eigenvalue weighted by molar-refractivity contribution is 0.766. The average Bonchev–Trinajstić information content (AvgIpc) is 2.61. The predicted octanol–water partition coefficient (Wildman–Crippen LogP) is 2.81. The van der Waals surface area contributed by atoms with E-state index in [1.165, 1.54) is 12.6 Å². The Labute approximate surface area is 144 Å². The van der Waals surface area contributed by atoms with E-state index in [-0.39, 0.29) is 5.56 Å². The van der Waals surface area contributed by atoms with Crippen LogP contribution in [0.5, 0.6) is 0 Å². The maximum Gasteiger partial charge on any atom is 0.352 e. The molecule has 0 saturated heterocycles. The monoisotopic (exact) mass is 331 g/mol. The van der Waals surface area contributed by atoms with E-state index in [1.54, 1.807) is 6.07 Å². The van der Waals surface area contributed by atoms with Gasteiger partial charge in [-0.1, -0.05) is 24.3 Å². The van der Waals surface area contributed by atoms with Gasteiger partial charge < -0.3 is 0 Å². The molecule has 0 aromatic heterocycles. The summed E-state index contributed by atoms with van der Waals surface area (Å²) in [6.07, 6.45) is 0. The highest BCUT2D eigenvalue weighted by atomic mass is 16.2. The third kappa shape index (κ3) is 2.28. The molecule has 2 aromatic rings. The van der Waals surface area contributed by atoms with Crippen molar-refractivity contribution in [2.24, 2.45) is 7.05 Å². The summed E-state index contributed by atoms with van der Waals surface area (Å²) < 4.78 is 2.93. The van der Waals surface area contributed by atoms with Crippen molar-refractivity contribution >= 4 is 10.9 Å². The van der Waals surface area contributed by atoms with Gasteiger partial charge in [0.1, 0.15) is 0 Å². The first-order valence-corrected chi connectivity index (χ1v) is 8.06. The van der Waals surface area contributed by atoms with Gasteiger partial charge in [0.15, 0.2) is 5.82 Å². The number of rotatable bonds is 1. The van der Waals surface area contributed by atoms with E-state index in [2.05, 4.69) is 11.9 Å². The Kier molecular flexibility index (Phi) is 3.32. The van der Waals surface area contributed by atoms with Crippen LogP contribution in [-0.4, -0.2) is 14.1 Å². The van der Waals surface area contributed by atoms with E-state index in [0.717, 1.165) is 26.7 Å². The lowest BCUT2D eigenvalue weighted by atomic mass is 10.1. The molecule has 0 aliphatic carbocycles. The highest BCUT2D eigenvalue weighted by Crippen LogP contribution is 2.28. The molecule has 2 aliphatic rings. The second kappa shape index (κ2) is 5.41. The largest absolute Gasteiger partial charge is 0.352 e. The van der Waals surface area contributed by atoms with Gasteiger partial charge in [-0.3, -0.25) is 13.9 Å². The van der Waals surface area contributed by atoms with Gasteiger partial charge in [0, 0.05) is 12.7 Å². The zero-order valence-electron chi connectivity index (χ0n) is 14.3. The van der Waals surface area contributed by atoms with Crippen molar-refractivity contribution in [3.8, 4) is 17.1 Å². The average molecular weight is 331 g/mol. The number of aryl methyl sites for hydroxylation is 2. The third-order valence-corrected chi connectivity index (χ3v) is 4.70. The van der Waals surface area contributed by atoms with Gasteiger partial charge in [-0.15, -0.1) is 0 Å². The van der Waals surface area contributed by atoms with E-state index < -0.39 is 5.69 Å². The normalized spacial score (nSPS) is 11.3. The van der Waals surface area contributed by atoms with E-state index in [4.69, 9.17) is 0 Å². The molecule has 5 heteroatoms. The molecule has 0 bridgehead atoms. The van der Waals surface area contributed by atoms with Crippen molar-refractivity contribution in [1.82, 2.24) is 14.1 Å². The van der Waals surface area contributed by atoms with E-state index >= 15 is 0 Å². The van der Waals surface area contributed by atoms with Crippen molar-refractivity contribution < 1.29 is 0 Å². The highest BCUT2D eigenvalue weighted by molar-refractivity contribution is 5.87. The highest BCUT2D eigenvalue weighted by Gasteiger charge is 2.19. The topological polar surface area (TPSA) is 56.9 Å². The van der Waals surface area contributed by atoms with Gasteiger partial charge in [-0.2, -0.15) is 4.98 Å². The minimum absolute atomic E-state index is 0.335. The zero-order valence-corrected chi connectivity index (χ0v) is 14.3. The van der Waals surface area contributed by atoms with Crippen LogP contribution >= 0.6 is 0 Å². The smallest absolute Gasteiger partial charge is 0.294 e. The van der Waals surface area contributed by atoms with E-state index in [9.17, 15) is 9.59 Å². The quantitative estimate of drug-likeness (QED) is 0.504. The fraction of sp³-hybridized carbons (Fsp3) is 0.150. The van der Waals surface area contributed by atoms with Crippen molar-refractivity contribution in [2.45, 2.75) is 13.8 Å². The summed E-state index contributed by atoms with van der Waals surface area (Å²) in [7, 11) is 1.45. The zero-order chi connectivity index (χ0) is 17.7. The number of hydrogen-bond donors (Lipinski definition) is 0. The lowest BCUT2D eigenvalue weighted by Gasteiger charge is -2.19. The fourth-order valence-corrected chi connectivity index (χ4v) is 3.09. The van der Waals surface area contributed by atoms with Gasteiger partial charge in [0.2, 0.25) is 0 Å². The first-order chi connectivity index (χ1) is 12.0. The summed E-state index contributed by atoms with van der Waals surface area (Å²) in [5.41, 5.74) is 3.64. The Hall–Kier alpha value is -3.21. The summed E-state index contributed by atoms with van der Waals surface area (Å²) >= 11 is 0. The maximum atomic E-state index is 12.6. The van der Waals surface area contributed by atoms with Crippen LogP contribution in [0.15, 0.2) is 58.1 Å². The molecule has 0 radical (unpaired) electrons. The minimum atomic E-state index is -0.551. The van der Waals surface area contributed by atoms with E-state index in [0.29, 0.717) is 11.4 Å². The van der Waals surface area contributed by atoms with E-state index in [1.807, 2.05) is 54.0 Å². The molecule has 0 fully saturated rings. The predicted molar refractivity (Wildman–Crippen MR) is 98.7 cm³/mol. The molecular formula is C20H17N3O2. The molecule has 25 heavy (non-hydrogen) atoms. The summed E-state index contributed by atoms with van der Waals surface area (Å²) in [5.74, 6) is 0.384. The van der Waals surface area contributed by atoms with Crippen LogP contribution in [0.3, 0.4) is 0 Å². The Morgan fingerprint density at radius 3 is 2.44 bits per heavy atom. The standard InChI is InChI=1S/C20H17N3O2/c1-12-8-9-15(10-13(12)2)23-17-7-5-4-6-14(17)11-16-18(23)21-20(25)22(3)19(16)24/h4-11H,1-3H3. The van der Waals surface area contributed by atoms with Crippen LogP contribution in [0.25, 0.3) is 28.0 Å². The fourth-order valence-electron chi connectivity index (χ4n) is 3.09. The molecule has 0 unspecified atom stereocenters. The van der Waals surface area contributed by atoms with Crippen molar-refractivity contribution in [3.63, 3.8) is 0 Å². The summed E-state index contributed by atoms with van der Waals surface area (Å²) in [6.45, 7) is 4.09. The van der Waals surface area contributed by atoms with Gasteiger partial charge in [-0.05, 0) is 54.6 Å². The summed E-state index contributed by atoms with van der Waals surface area (Å²) in [5, 5.41) is 0.922. The second-order valence-electron chi connectivity index (χ2n) is 6.30. The Morgan fingerprint density at radius 2 is 1.68 bits per heavy atom. The van der Waals surface area contributed by atoms with Gasteiger partial charge in [0.05, 0.1) is 11.1 Å². The second-order valence-corrected chi connectivity index (χ2v) is 6.30. The number of fused-ring (bicyclic) bond motifs is 2. The molecule has 0 N–H and O–H groups in total. The SMILES string of the molecule is Cc1ccc(-n2c3nc(=O)n(C)c(=O)c-3cc3ccccc32)cc1C. The molecule has 0 spiro atoms. The number of pyridine rings is 1. The lowest BCUT2D eigenvalue weighted by Crippen LogP contribution is -2.35. The molecule has 4 rings (SSSR count). The molecule has 5 nitrogen and oxygen atoms in total. The summed E-state index contributed by atoms with van der Waals surface area (Å²) in [6, 6.07) is 15.7. The van der Waals surface area contributed by atoms with Crippen molar-refractivity contribution in [3.05, 3.63) is 80.5 Å². The van der Waals surface area contributed by atoms with Crippen LogP contribution < -0.4 is 11.2 Å². The van der Waals surface area contributed by atoms with Gasteiger partial charge in [0.25, 0.3) is 5.56 Å². The van der Waals surface area contributed by atoms with Crippen LogP contribution in [0.2, 0.25) is 0 Å². The number of hydrogen-bond acceptors (Lipinski definition) is 3. The summed E-state index contributed by atoms with van der Waals surface area (Å²) in [4.78, 5) is 28.9. The minimum Gasteiger partial charge on any atom is -0.294 e. The Morgan fingerprint density at radius 1 is 0.920 bits per heavy atom. The van der Waals surface area contributed by atoms with Gasteiger partial charge >= 0.3 is 5.69 Å². The van der Waals surface area contributed by atoms with Gasteiger partial charge in [-0.25, -0.2) is 4.79 Å². The Bertz CT molecular complexity index is 1220. The molecule has 124 valence electrons. The molecule has 2 aliphatic heterocycles. The number of aromatic nitrogens is 3. The first kappa shape index (κ1) is 15.3. The number of benzene rings is 2. The van der Waals surface area contributed by atoms with Crippen molar-refractivity contribution in [1.29, 1.82) is 0 Å². The Balaban J connectivity index is 2.25.